The summed E-state index contributed by atoms with van der Waals surface area (Å²) in [6.45, 7) is 6.64. The smallest absolute Gasteiger partial charge is 0.219 e. The lowest BCUT2D eigenvalue weighted by Crippen LogP contribution is -2.34. The average Bonchev–Trinajstić information content (AvgIpc) is 3.23. The lowest BCUT2D eigenvalue weighted by molar-refractivity contribution is -0.130. The number of benzene rings is 1. The Balaban J connectivity index is 1.56. The molecule has 3 atom stereocenters. The average molecular weight is 377 g/mol. The highest BCUT2D eigenvalue weighted by Gasteiger charge is 2.48. The van der Waals surface area contributed by atoms with Gasteiger partial charge in [-0.1, -0.05) is 23.7 Å². The minimum absolute atomic E-state index is 0.0474. The summed E-state index contributed by atoms with van der Waals surface area (Å²) in [6.07, 6.45) is 0. The highest BCUT2D eigenvalue weighted by Crippen LogP contribution is 2.45. The number of aromatic amines is 1. The molecule has 1 amide bonds. The van der Waals surface area contributed by atoms with Crippen molar-refractivity contribution >= 4 is 17.5 Å². The molecule has 0 radical (unpaired) electrons. The largest absolute Gasteiger partial charge is 0.335 e. The van der Waals surface area contributed by atoms with E-state index in [0.29, 0.717) is 29.9 Å². The Kier molecular flexibility index (Phi) is 4.49. The summed E-state index contributed by atoms with van der Waals surface area (Å²) in [5.41, 5.74) is 2.61. The van der Waals surface area contributed by atoms with Crippen LogP contribution < -0.4 is 0 Å². The number of carbonyl (C=O) groups is 1. The maximum atomic E-state index is 13.8. The minimum atomic E-state index is -0.261. The van der Waals surface area contributed by atoms with Crippen molar-refractivity contribution in [1.82, 2.24) is 20.0 Å². The van der Waals surface area contributed by atoms with Crippen LogP contribution in [0.4, 0.5) is 4.39 Å². The van der Waals surface area contributed by atoms with Gasteiger partial charge in [-0.05, 0) is 30.5 Å². The van der Waals surface area contributed by atoms with Crippen molar-refractivity contribution in [1.29, 1.82) is 0 Å². The molecule has 2 aromatic rings. The molecule has 0 unspecified atom stereocenters. The van der Waals surface area contributed by atoms with E-state index in [1.807, 2.05) is 17.9 Å². The van der Waals surface area contributed by atoms with Crippen LogP contribution in [0.15, 0.2) is 24.3 Å². The maximum Gasteiger partial charge on any atom is 0.219 e. The van der Waals surface area contributed by atoms with Gasteiger partial charge >= 0.3 is 0 Å². The molecule has 1 aromatic carbocycles. The van der Waals surface area contributed by atoms with Crippen LogP contribution in [0, 0.1) is 24.6 Å². The molecule has 3 heterocycles. The molecule has 2 aliphatic rings. The third-order valence-corrected chi connectivity index (χ3v) is 6.15. The number of aryl methyl sites for hydroxylation is 1. The highest BCUT2D eigenvalue weighted by atomic mass is 35.5. The summed E-state index contributed by atoms with van der Waals surface area (Å²) in [4.78, 5) is 16.4. The number of likely N-dealkylation sites (tertiary alicyclic amines) is 2. The number of aromatic nitrogens is 2. The van der Waals surface area contributed by atoms with Gasteiger partial charge in [0.1, 0.15) is 5.82 Å². The van der Waals surface area contributed by atoms with E-state index in [0.717, 1.165) is 30.0 Å². The second-order valence-corrected chi connectivity index (χ2v) is 7.78. The molecular formula is C19H22ClFN4O. The Morgan fingerprint density at radius 2 is 2.19 bits per heavy atom. The van der Waals surface area contributed by atoms with Crippen molar-refractivity contribution in [3.05, 3.63) is 52.1 Å². The number of rotatable bonds is 3. The van der Waals surface area contributed by atoms with Gasteiger partial charge in [-0.15, -0.1) is 0 Å². The van der Waals surface area contributed by atoms with Crippen LogP contribution in [0.1, 0.15) is 29.9 Å². The fraction of sp³-hybridized carbons (Fsp3) is 0.474. The number of fused-ring (bicyclic) bond motifs is 1. The molecule has 2 saturated heterocycles. The van der Waals surface area contributed by atoms with E-state index in [-0.39, 0.29) is 17.8 Å². The van der Waals surface area contributed by atoms with Gasteiger partial charge in [-0.3, -0.25) is 14.8 Å². The fourth-order valence-corrected chi connectivity index (χ4v) is 4.63. The molecule has 138 valence electrons. The quantitative estimate of drug-likeness (QED) is 0.895. The zero-order valence-electron chi connectivity index (χ0n) is 14.9. The first-order chi connectivity index (χ1) is 12.4. The minimum Gasteiger partial charge on any atom is -0.335 e. The molecule has 1 aromatic heterocycles. The molecule has 0 aliphatic carbocycles. The number of nitrogens with zero attached hydrogens (tertiary/aromatic N) is 3. The van der Waals surface area contributed by atoms with E-state index < -0.39 is 0 Å². The van der Waals surface area contributed by atoms with Gasteiger partial charge in [0.25, 0.3) is 0 Å². The predicted molar refractivity (Wildman–Crippen MR) is 97.1 cm³/mol. The van der Waals surface area contributed by atoms with Crippen molar-refractivity contribution in [3.8, 4) is 0 Å². The summed E-state index contributed by atoms with van der Waals surface area (Å²) in [7, 11) is 0. The number of hydrogen-bond donors (Lipinski definition) is 1. The zero-order chi connectivity index (χ0) is 18.4. The number of amides is 1. The van der Waals surface area contributed by atoms with Crippen LogP contribution in [0.5, 0.6) is 0 Å². The van der Waals surface area contributed by atoms with Gasteiger partial charge in [0, 0.05) is 39.0 Å². The second-order valence-electron chi connectivity index (χ2n) is 7.40. The van der Waals surface area contributed by atoms with Crippen LogP contribution >= 0.6 is 11.6 Å². The van der Waals surface area contributed by atoms with Crippen molar-refractivity contribution in [2.24, 2.45) is 11.8 Å². The summed E-state index contributed by atoms with van der Waals surface area (Å²) in [5, 5.41) is 7.90. The van der Waals surface area contributed by atoms with E-state index >= 15 is 0 Å². The first-order valence-electron chi connectivity index (χ1n) is 8.88. The molecule has 1 N–H and O–H groups in total. The Morgan fingerprint density at radius 1 is 1.38 bits per heavy atom. The van der Waals surface area contributed by atoms with Crippen LogP contribution in [0.25, 0.3) is 0 Å². The van der Waals surface area contributed by atoms with Crippen molar-refractivity contribution in [2.75, 3.05) is 19.6 Å². The van der Waals surface area contributed by atoms with Gasteiger partial charge in [0.05, 0.1) is 22.5 Å². The van der Waals surface area contributed by atoms with Crippen molar-refractivity contribution < 1.29 is 9.18 Å². The first-order valence-corrected chi connectivity index (χ1v) is 9.26. The lowest BCUT2D eigenvalue weighted by atomic mass is 9.89. The van der Waals surface area contributed by atoms with Crippen molar-refractivity contribution in [2.45, 2.75) is 26.4 Å². The molecule has 5 nitrogen and oxygen atoms in total. The number of H-pyrrole nitrogens is 1. The van der Waals surface area contributed by atoms with E-state index in [9.17, 15) is 9.18 Å². The molecule has 0 saturated carbocycles. The van der Waals surface area contributed by atoms with E-state index in [1.165, 1.54) is 6.07 Å². The Hall–Kier alpha value is -1.92. The molecular weight excluding hydrogens is 355 g/mol. The van der Waals surface area contributed by atoms with Gasteiger partial charge in [0.15, 0.2) is 0 Å². The van der Waals surface area contributed by atoms with Gasteiger partial charge in [0.2, 0.25) is 5.91 Å². The van der Waals surface area contributed by atoms with Crippen LogP contribution in [0.3, 0.4) is 0 Å². The second kappa shape index (κ2) is 6.67. The Labute approximate surface area is 157 Å². The van der Waals surface area contributed by atoms with Crippen molar-refractivity contribution in [3.63, 3.8) is 0 Å². The topological polar surface area (TPSA) is 52.2 Å². The standard InChI is InChI=1S/C19H22ClFN4O/c1-11-18(20)17(23-22-11)10-24-7-14-8-25(12(2)26)19(16(14)9-24)13-4-3-5-15(21)6-13/h3-6,14,16,19H,7-10H2,1-2H3,(H,22,23)/t14-,16-,19-/m1/s1. The number of halogens is 2. The molecule has 2 fully saturated rings. The first kappa shape index (κ1) is 17.5. The Morgan fingerprint density at radius 3 is 2.85 bits per heavy atom. The summed E-state index contributed by atoms with van der Waals surface area (Å²) < 4.78 is 13.8. The van der Waals surface area contributed by atoms with Crippen LogP contribution in [-0.4, -0.2) is 45.5 Å². The number of carbonyl (C=O) groups excluding carboxylic acids is 1. The van der Waals surface area contributed by atoms with E-state index in [1.54, 1.807) is 19.1 Å². The third-order valence-electron chi connectivity index (χ3n) is 5.65. The SMILES string of the molecule is CC(=O)N1C[C@H]2CN(Cc3n[nH]c(C)c3Cl)C[C@H]2[C@H]1c1cccc(F)c1. The van der Waals surface area contributed by atoms with E-state index in [2.05, 4.69) is 15.1 Å². The van der Waals surface area contributed by atoms with Gasteiger partial charge < -0.3 is 4.90 Å². The molecule has 26 heavy (non-hydrogen) atoms. The normalized spacial score (nSPS) is 25.7. The third kappa shape index (κ3) is 3.01. The lowest BCUT2D eigenvalue weighted by Gasteiger charge is -2.29. The van der Waals surface area contributed by atoms with E-state index in [4.69, 9.17) is 11.6 Å². The molecule has 4 rings (SSSR count). The molecule has 2 aliphatic heterocycles. The molecule has 0 bridgehead atoms. The molecule has 7 heteroatoms. The monoisotopic (exact) mass is 376 g/mol. The summed E-state index contributed by atoms with van der Waals surface area (Å²) in [6, 6.07) is 6.56. The van der Waals surface area contributed by atoms with Gasteiger partial charge in [-0.25, -0.2) is 4.39 Å². The summed E-state index contributed by atoms with van der Waals surface area (Å²) in [5.74, 6) is 0.458. The zero-order valence-corrected chi connectivity index (χ0v) is 15.6. The maximum absolute atomic E-state index is 13.8. The number of nitrogens with one attached hydrogen (secondary N) is 1. The Bertz CT molecular complexity index is 839. The number of hydrogen-bond acceptors (Lipinski definition) is 3. The van der Waals surface area contributed by atoms with Crippen LogP contribution in [-0.2, 0) is 11.3 Å². The molecule has 0 spiro atoms. The highest BCUT2D eigenvalue weighted by molar-refractivity contribution is 6.31. The summed E-state index contributed by atoms with van der Waals surface area (Å²) >= 11 is 6.30. The fourth-order valence-electron chi connectivity index (χ4n) is 4.49. The van der Waals surface area contributed by atoms with Gasteiger partial charge in [-0.2, -0.15) is 5.10 Å². The van der Waals surface area contributed by atoms with Crippen LogP contribution in [0.2, 0.25) is 5.02 Å². The predicted octanol–water partition coefficient (Wildman–Crippen LogP) is 3.16.